The zero-order chi connectivity index (χ0) is 35.3. The predicted octanol–water partition coefficient (Wildman–Crippen LogP) is 5.14. The van der Waals surface area contributed by atoms with Crippen molar-refractivity contribution in [2.45, 2.75) is 58.6 Å². The Hall–Kier alpha value is -4.52. The molecule has 1 amide bonds. The number of nitrogens with two attached hydrogens (primary N) is 1. The number of hydrogen-bond acceptors (Lipinski definition) is 11. The van der Waals surface area contributed by atoms with Gasteiger partial charge in [-0.05, 0) is 89.1 Å². The van der Waals surface area contributed by atoms with Crippen LogP contribution in [0.5, 0.6) is 5.88 Å². The molecule has 1 aliphatic carbocycles. The number of aromatic nitrogens is 3. The lowest BCUT2D eigenvalue weighted by Gasteiger charge is -2.42. The van der Waals surface area contributed by atoms with Crippen molar-refractivity contribution in [3.63, 3.8) is 0 Å². The van der Waals surface area contributed by atoms with Crippen LogP contribution in [0.1, 0.15) is 56.1 Å². The molecule has 1 aliphatic heterocycles. The Bertz CT molecular complexity index is 1620. The van der Waals surface area contributed by atoms with Gasteiger partial charge in [0.05, 0.1) is 60.8 Å². The number of amides is 1. The van der Waals surface area contributed by atoms with E-state index in [1.807, 2.05) is 46.9 Å². The van der Waals surface area contributed by atoms with E-state index in [-0.39, 0.29) is 12.1 Å². The molecule has 0 spiro atoms. The van der Waals surface area contributed by atoms with Crippen molar-refractivity contribution in [3.8, 4) is 17.1 Å². The Balaban J connectivity index is 1.16. The first-order valence-electron chi connectivity index (χ1n) is 16.9. The molecule has 49 heavy (non-hydrogen) atoms. The first-order chi connectivity index (χ1) is 23.3. The Kier molecular flexibility index (Phi) is 11.2. The topological polar surface area (TPSA) is 146 Å². The molecule has 5 rings (SSSR count). The summed E-state index contributed by atoms with van der Waals surface area (Å²) in [5.74, 6) is 1.09. The number of hydrogen-bond donors (Lipinski definition) is 2. The highest BCUT2D eigenvalue weighted by atomic mass is 16.6. The summed E-state index contributed by atoms with van der Waals surface area (Å²) in [6.07, 6.45) is 4.59. The number of pyridine rings is 1. The number of aryl methyl sites for hydroxylation is 2. The number of ether oxygens (including phenoxy) is 4. The zero-order valence-corrected chi connectivity index (χ0v) is 29.8. The van der Waals surface area contributed by atoms with Gasteiger partial charge in [-0.25, -0.2) is 14.3 Å². The number of carbonyl (C=O) groups excluding carboxylic acids is 2. The lowest BCUT2D eigenvalue weighted by atomic mass is 10.1. The van der Waals surface area contributed by atoms with Gasteiger partial charge >= 0.3 is 12.1 Å². The van der Waals surface area contributed by atoms with E-state index < -0.39 is 11.6 Å². The molecule has 2 aliphatic rings. The van der Waals surface area contributed by atoms with Gasteiger partial charge in [-0.1, -0.05) is 0 Å². The van der Waals surface area contributed by atoms with Gasteiger partial charge in [0.2, 0.25) is 5.88 Å². The van der Waals surface area contributed by atoms with Crippen molar-refractivity contribution < 1.29 is 28.5 Å². The van der Waals surface area contributed by atoms with Crippen molar-refractivity contribution in [2.75, 3.05) is 69.6 Å². The van der Waals surface area contributed by atoms with Crippen molar-refractivity contribution in [1.29, 1.82) is 0 Å². The highest BCUT2D eigenvalue weighted by Crippen LogP contribution is 2.35. The molecule has 13 heteroatoms. The number of nitrogens with one attached hydrogen (secondary N) is 1. The summed E-state index contributed by atoms with van der Waals surface area (Å²) < 4.78 is 24.1. The van der Waals surface area contributed by atoms with Crippen molar-refractivity contribution in [2.24, 2.45) is 18.9 Å². The Morgan fingerprint density at radius 2 is 1.84 bits per heavy atom. The molecule has 2 fully saturated rings. The SMILES string of the molecule is COC[C@@H]1CN(c2ccc(N)c(NC[C@@H]3CC[C@H](COc4c(-c5cc(C(=O)OC)cc(C)n5)cnn4C)C3)c2)CCN1C(=O)OC(C)(C)C. The fourth-order valence-electron chi connectivity index (χ4n) is 6.66. The van der Waals surface area contributed by atoms with Crippen LogP contribution in [0, 0.1) is 18.8 Å². The molecule has 13 nitrogen and oxygen atoms in total. The Labute approximate surface area is 289 Å². The highest BCUT2D eigenvalue weighted by molar-refractivity contribution is 5.91. The molecule has 3 atom stereocenters. The molecule has 1 saturated heterocycles. The second-order valence-electron chi connectivity index (χ2n) is 14.1. The molecule has 3 N–H and O–H groups in total. The number of piperazine rings is 1. The van der Waals surface area contributed by atoms with E-state index in [2.05, 4.69) is 26.4 Å². The normalized spacial score (nSPS) is 19.5. The average molecular weight is 678 g/mol. The van der Waals surface area contributed by atoms with Crippen molar-refractivity contribution in [3.05, 3.63) is 47.8 Å². The van der Waals surface area contributed by atoms with Crippen LogP contribution in [0.4, 0.5) is 21.9 Å². The van der Waals surface area contributed by atoms with Crippen LogP contribution in [-0.4, -0.2) is 97.0 Å². The van der Waals surface area contributed by atoms with E-state index >= 15 is 0 Å². The fraction of sp³-hybridized carbons (Fsp3) is 0.556. The molecule has 2 aromatic heterocycles. The van der Waals surface area contributed by atoms with Crippen LogP contribution >= 0.6 is 0 Å². The molecule has 0 bridgehead atoms. The van der Waals surface area contributed by atoms with Crippen LogP contribution in [0.25, 0.3) is 11.3 Å². The second-order valence-corrected chi connectivity index (χ2v) is 14.1. The number of nitrogen functional groups attached to an aromatic ring is 1. The second kappa shape index (κ2) is 15.4. The summed E-state index contributed by atoms with van der Waals surface area (Å²) in [7, 11) is 4.86. The third-order valence-electron chi connectivity index (χ3n) is 9.09. The molecular formula is C36H51N7O6. The van der Waals surface area contributed by atoms with Gasteiger partial charge in [0.1, 0.15) is 5.60 Å². The van der Waals surface area contributed by atoms with E-state index in [1.165, 1.54) is 7.11 Å². The summed E-state index contributed by atoms with van der Waals surface area (Å²) in [6, 6.07) is 9.36. The number of methoxy groups -OCH3 is 2. The maximum Gasteiger partial charge on any atom is 0.410 e. The molecule has 3 heterocycles. The quantitative estimate of drug-likeness (QED) is 0.206. The fourth-order valence-corrected chi connectivity index (χ4v) is 6.66. The molecular weight excluding hydrogens is 626 g/mol. The molecule has 0 unspecified atom stereocenters. The summed E-state index contributed by atoms with van der Waals surface area (Å²) in [6.45, 7) is 11.1. The monoisotopic (exact) mass is 677 g/mol. The molecule has 1 aromatic carbocycles. The smallest absolute Gasteiger partial charge is 0.410 e. The van der Waals surface area contributed by atoms with Gasteiger partial charge in [0.15, 0.2) is 0 Å². The summed E-state index contributed by atoms with van der Waals surface area (Å²) in [4.78, 5) is 33.8. The van der Waals surface area contributed by atoms with Gasteiger partial charge < -0.3 is 34.9 Å². The van der Waals surface area contributed by atoms with Crippen LogP contribution in [0.2, 0.25) is 0 Å². The molecule has 0 radical (unpaired) electrons. The molecule has 266 valence electrons. The predicted molar refractivity (Wildman–Crippen MR) is 189 cm³/mol. The van der Waals surface area contributed by atoms with Gasteiger partial charge in [-0.2, -0.15) is 5.10 Å². The van der Waals surface area contributed by atoms with Crippen LogP contribution in [0.15, 0.2) is 36.5 Å². The first kappa shape index (κ1) is 35.8. The number of anilines is 3. The van der Waals surface area contributed by atoms with E-state index in [1.54, 1.807) is 35.0 Å². The van der Waals surface area contributed by atoms with Crippen molar-refractivity contribution >= 4 is 29.1 Å². The third-order valence-corrected chi connectivity index (χ3v) is 9.09. The lowest BCUT2D eigenvalue weighted by molar-refractivity contribution is 0.00342. The lowest BCUT2D eigenvalue weighted by Crippen LogP contribution is -2.57. The van der Waals surface area contributed by atoms with Crippen LogP contribution in [-0.2, 0) is 21.3 Å². The number of nitrogens with zero attached hydrogens (tertiary/aromatic N) is 5. The third kappa shape index (κ3) is 8.94. The Morgan fingerprint density at radius 1 is 1.06 bits per heavy atom. The molecule has 1 saturated carbocycles. The van der Waals surface area contributed by atoms with Gasteiger partial charge in [0, 0.05) is 51.7 Å². The van der Waals surface area contributed by atoms with E-state index in [0.29, 0.717) is 73.2 Å². The van der Waals surface area contributed by atoms with E-state index in [4.69, 9.17) is 24.7 Å². The van der Waals surface area contributed by atoms with Gasteiger partial charge in [-0.15, -0.1) is 0 Å². The van der Waals surface area contributed by atoms with E-state index in [9.17, 15) is 9.59 Å². The number of esters is 1. The summed E-state index contributed by atoms with van der Waals surface area (Å²) in [5.41, 5.74) is 11.0. The maximum atomic E-state index is 12.9. The minimum absolute atomic E-state index is 0.131. The summed E-state index contributed by atoms with van der Waals surface area (Å²) >= 11 is 0. The van der Waals surface area contributed by atoms with Crippen molar-refractivity contribution in [1.82, 2.24) is 19.7 Å². The zero-order valence-electron chi connectivity index (χ0n) is 29.8. The van der Waals surface area contributed by atoms with Crippen LogP contribution in [0.3, 0.4) is 0 Å². The number of carbonyl (C=O) groups is 2. The molecule has 3 aromatic rings. The number of benzene rings is 1. The van der Waals surface area contributed by atoms with Gasteiger partial charge in [-0.3, -0.25) is 9.88 Å². The standard InChI is InChI=1S/C36H51N7O6/c1-23-14-26(34(44)47-7)16-31(40-23)29-19-39-41(5)33(29)48-21-25-9-8-24(15-25)18-38-32-17-27(10-11-30(32)37)42-12-13-43(28(20-42)22-46-6)35(45)49-36(2,3)4/h10-11,14,16-17,19,24-25,28,38H,8-9,12-13,15,18,20-22,37H2,1-7H3/t24-,25+,28+/m1/s1. The Morgan fingerprint density at radius 3 is 2.57 bits per heavy atom. The number of rotatable bonds is 11. The van der Waals surface area contributed by atoms with Crippen LogP contribution < -0.4 is 20.7 Å². The first-order valence-corrected chi connectivity index (χ1v) is 16.9. The highest BCUT2D eigenvalue weighted by Gasteiger charge is 2.34. The minimum atomic E-state index is -0.559. The summed E-state index contributed by atoms with van der Waals surface area (Å²) in [5, 5.41) is 8.02. The van der Waals surface area contributed by atoms with Gasteiger partial charge in [0.25, 0.3) is 0 Å². The maximum absolute atomic E-state index is 12.9. The largest absolute Gasteiger partial charge is 0.477 e. The van der Waals surface area contributed by atoms with E-state index in [0.717, 1.165) is 42.7 Å². The minimum Gasteiger partial charge on any atom is -0.477 e. The average Bonchev–Trinajstić information content (AvgIpc) is 3.67.